The maximum atomic E-state index is 12.1. The molecule has 2 heterocycles. The summed E-state index contributed by atoms with van der Waals surface area (Å²) in [6.45, 7) is 9.31. The van der Waals surface area contributed by atoms with Crippen molar-refractivity contribution in [2.45, 2.75) is 57.9 Å². The van der Waals surface area contributed by atoms with Gasteiger partial charge >= 0.3 is 0 Å². The molecule has 28 heavy (non-hydrogen) atoms. The van der Waals surface area contributed by atoms with Crippen LogP contribution in [0.3, 0.4) is 0 Å². The maximum absolute atomic E-state index is 12.1. The lowest BCUT2D eigenvalue weighted by atomic mass is 10.2. The Balaban J connectivity index is 0.00000392. The SMILES string of the molecule is CCNC(=NCC1CCCN1CCOC)NCCCN1CCCCCC1=O.I. The van der Waals surface area contributed by atoms with Gasteiger partial charge in [-0.05, 0) is 45.6 Å². The van der Waals surface area contributed by atoms with Crippen LogP contribution in [0.25, 0.3) is 0 Å². The fourth-order valence-electron chi connectivity index (χ4n) is 3.89. The minimum absolute atomic E-state index is 0. The average molecular weight is 509 g/mol. The Bertz CT molecular complexity index is 464. The van der Waals surface area contributed by atoms with E-state index in [1.165, 1.54) is 19.3 Å². The molecule has 2 saturated heterocycles. The molecule has 0 spiro atoms. The molecule has 0 aromatic rings. The van der Waals surface area contributed by atoms with Crippen molar-refractivity contribution in [1.82, 2.24) is 20.4 Å². The van der Waals surface area contributed by atoms with Gasteiger partial charge in [0.25, 0.3) is 0 Å². The van der Waals surface area contributed by atoms with Crippen LogP contribution < -0.4 is 10.6 Å². The Morgan fingerprint density at radius 2 is 2.04 bits per heavy atom. The zero-order valence-corrected chi connectivity index (χ0v) is 20.1. The molecule has 2 aliphatic heterocycles. The quantitative estimate of drug-likeness (QED) is 0.204. The summed E-state index contributed by atoms with van der Waals surface area (Å²) in [5, 5.41) is 6.77. The molecule has 8 heteroatoms. The van der Waals surface area contributed by atoms with Crippen LogP contribution in [0, 0.1) is 0 Å². The van der Waals surface area contributed by atoms with Gasteiger partial charge in [-0.25, -0.2) is 0 Å². The lowest BCUT2D eigenvalue weighted by Gasteiger charge is -2.23. The molecule has 1 atom stereocenters. The first-order chi connectivity index (χ1) is 13.2. The third kappa shape index (κ3) is 9.26. The highest BCUT2D eigenvalue weighted by Crippen LogP contribution is 2.16. The minimum atomic E-state index is 0. The zero-order valence-electron chi connectivity index (χ0n) is 17.8. The number of nitrogens with zero attached hydrogens (tertiary/aromatic N) is 3. The molecule has 1 unspecified atom stereocenters. The van der Waals surface area contributed by atoms with Gasteiger partial charge in [0.1, 0.15) is 0 Å². The molecule has 2 N–H and O–H groups in total. The molecule has 2 rings (SSSR count). The van der Waals surface area contributed by atoms with Crippen molar-refractivity contribution in [2.75, 3.05) is 59.5 Å². The third-order valence-electron chi connectivity index (χ3n) is 5.45. The molecule has 2 aliphatic rings. The highest BCUT2D eigenvalue weighted by molar-refractivity contribution is 14.0. The lowest BCUT2D eigenvalue weighted by Crippen LogP contribution is -2.41. The summed E-state index contributed by atoms with van der Waals surface area (Å²) in [5.74, 6) is 1.21. The van der Waals surface area contributed by atoms with E-state index in [9.17, 15) is 4.79 Å². The van der Waals surface area contributed by atoms with Crippen LogP contribution in [0.5, 0.6) is 0 Å². The molecule has 0 aliphatic carbocycles. The number of aliphatic imine (C=N–C) groups is 1. The van der Waals surface area contributed by atoms with E-state index in [0.29, 0.717) is 11.9 Å². The Morgan fingerprint density at radius 1 is 1.18 bits per heavy atom. The smallest absolute Gasteiger partial charge is 0.222 e. The number of methoxy groups -OCH3 is 1. The van der Waals surface area contributed by atoms with Crippen molar-refractivity contribution in [2.24, 2.45) is 4.99 Å². The van der Waals surface area contributed by atoms with E-state index >= 15 is 0 Å². The van der Waals surface area contributed by atoms with E-state index in [-0.39, 0.29) is 24.0 Å². The van der Waals surface area contributed by atoms with Crippen LogP contribution in [-0.2, 0) is 9.53 Å². The first-order valence-corrected chi connectivity index (χ1v) is 10.8. The molecule has 0 saturated carbocycles. The molecule has 1 amide bonds. The number of guanidine groups is 1. The first kappa shape index (κ1) is 25.4. The van der Waals surface area contributed by atoms with Gasteiger partial charge in [-0.3, -0.25) is 14.7 Å². The predicted octanol–water partition coefficient (Wildman–Crippen LogP) is 2.06. The van der Waals surface area contributed by atoms with Crippen molar-refractivity contribution in [3.63, 3.8) is 0 Å². The fraction of sp³-hybridized carbons (Fsp3) is 0.900. The summed E-state index contributed by atoms with van der Waals surface area (Å²) in [6, 6.07) is 0.519. The molecule has 7 nitrogen and oxygen atoms in total. The van der Waals surface area contributed by atoms with Crippen LogP contribution in [0.2, 0.25) is 0 Å². The number of carbonyl (C=O) groups excluding carboxylic acids is 1. The Hall–Kier alpha value is -0.610. The summed E-state index contributed by atoms with van der Waals surface area (Å²) in [5.41, 5.74) is 0. The molecule has 2 fully saturated rings. The summed E-state index contributed by atoms with van der Waals surface area (Å²) in [6.07, 6.45) is 7.51. The predicted molar refractivity (Wildman–Crippen MR) is 126 cm³/mol. The van der Waals surface area contributed by atoms with E-state index < -0.39 is 0 Å². The van der Waals surface area contributed by atoms with E-state index in [1.807, 2.05) is 4.90 Å². The average Bonchev–Trinajstić information content (AvgIpc) is 3.02. The second kappa shape index (κ2) is 15.3. The van der Waals surface area contributed by atoms with Crippen LogP contribution in [0.4, 0.5) is 0 Å². The van der Waals surface area contributed by atoms with Gasteiger partial charge in [-0.1, -0.05) is 6.42 Å². The van der Waals surface area contributed by atoms with Gasteiger partial charge < -0.3 is 20.3 Å². The molecular weight excluding hydrogens is 469 g/mol. The van der Waals surface area contributed by atoms with E-state index in [4.69, 9.17) is 9.73 Å². The Labute approximate surface area is 188 Å². The third-order valence-corrected chi connectivity index (χ3v) is 5.45. The van der Waals surface area contributed by atoms with Crippen LogP contribution in [0.15, 0.2) is 4.99 Å². The van der Waals surface area contributed by atoms with Crippen LogP contribution in [0.1, 0.15) is 51.9 Å². The van der Waals surface area contributed by atoms with Gasteiger partial charge in [0.2, 0.25) is 5.91 Å². The number of amides is 1. The Morgan fingerprint density at radius 3 is 2.82 bits per heavy atom. The molecule has 0 aromatic heterocycles. The number of halogens is 1. The number of carbonyl (C=O) groups is 1. The number of rotatable bonds is 10. The summed E-state index contributed by atoms with van der Waals surface area (Å²) in [4.78, 5) is 21.4. The maximum Gasteiger partial charge on any atom is 0.222 e. The van der Waals surface area contributed by atoms with Gasteiger partial charge in [-0.15, -0.1) is 24.0 Å². The van der Waals surface area contributed by atoms with Crippen molar-refractivity contribution < 1.29 is 9.53 Å². The first-order valence-electron chi connectivity index (χ1n) is 10.8. The fourth-order valence-corrected chi connectivity index (χ4v) is 3.89. The highest BCUT2D eigenvalue weighted by Gasteiger charge is 2.23. The zero-order chi connectivity index (χ0) is 19.3. The van der Waals surface area contributed by atoms with Crippen LogP contribution in [-0.4, -0.2) is 87.2 Å². The number of hydrogen-bond acceptors (Lipinski definition) is 4. The number of hydrogen-bond donors (Lipinski definition) is 2. The second-order valence-corrected chi connectivity index (χ2v) is 7.52. The topological polar surface area (TPSA) is 69.2 Å². The number of likely N-dealkylation sites (tertiary alicyclic amines) is 2. The summed E-state index contributed by atoms with van der Waals surface area (Å²) < 4.78 is 5.22. The van der Waals surface area contributed by atoms with Crippen molar-refractivity contribution in [1.29, 1.82) is 0 Å². The summed E-state index contributed by atoms with van der Waals surface area (Å²) >= 11 is 0. The van der Waals surface area contributed by atoms with E-state index in [1.54, 1.807) is 7.11 Å². The van der Waals surface area contributed by atoms with Gasteiger partial charge in [0.15, 0.2) is 5.96 Å². The Kier molecular flexibility index (Phi) is 13.9. The summed E-state index contributed by atoms with van der Waals surface area (Å²) in [7, 11) is 1.76. The van der Waals surface area contributed by atoms with Gasteiger partial charge in [0, 0.05) is 52.3 Å². The van der Waals surface area contributed by atoms with Crippen molar-refractivity contribution in [3.05, 3.63) is 0 Å². The molecular formula is C20H40IN5O2. The standard InChI is InChI=1S/C20H39N5O2.HI/c1-3-21-20(23-17-18-9-7-13-24(18)15-16-27-2)22-11-8-14-25-12-6-4-5-10-19(25)26;/h18H,3-17H2,1-2H3,(H2,21,22,23);1H. The van der Waals surface area contributed by atoms with Crippen molar-refractivity contribution in [3.8, 4) is 0 Å². The van der Waals surface area contributed by atoms with Gasteiger partial charge in [0.05, 0.1) is 13.2 Å². The van der Waals surface area contributed by atoms with Crippen LogP contribution >= 0.6 is 24.0 Å². The highest BCUT2D eigenvalue weighted by atomic mass is 127. The minimum Gasteiger partial charge on any atom is -0.383 e. The van der Waals surface area contributed by atoms with E-state index in [0.717, 1.165) is 84.1 Å². The van der Waals surface area contributed by atoms with Gasteiger partial charge in [-0.2, -0.15) is 0 Å². The van der Waals surface area contributed by atoms with Crippen molar-refractivity contribution >= 4 is 35.8 Å². The second-order valence-electron chi connectivity index (χ2n) is 7.52. The number of ether oxygens (including phenoxy) is 1. The lowest BCUT2D eigenvalue weighted by molar-refractivity contribution is -0.130. The normalized spacial score (nSPS) is 21.4. The monoisotopic (exact) mass is 509 g/mol. The van der Waals surface area contributed by atoms with E-state index in [2.05, 4.69) is 22.5 Å². The molecule has 0 radical (unpaired) electrons. The molecule has 0 aromatic carbocycles. The number of nitrogens with one attached hydrogen (secondary N) is 2. The molecule has 164 valence electrons. The largest absolute Gasteiger partial charge is 0.383 e. The molecule has 0 bridgehead atoms.